The van der Waals surface area contributed by atoms with Crippen LogP contribution in [-0.4, -0.2) is 38.4 Å². The lowest BCUT2D eigenvalue weighted by atomic mass is 10.1. The van der Waals surface area contributed by atoms with Gasteiger partial charge >= 0.3 is 11.9 Å². The average molecular weight is 439 g/mol. The molecule has 0 unspecified atom stereocenters. The molecular weight excluding hydrogens is 408 g/mol. The van der Waals surface area contributed by atoms with Crippen LogP contribution in [-0.2, 0) is 19.1 Å². The number of hydrogen-bond acceptors (Lipinski definition) is 6. The predicted molar refractivity (Wildman–Crippen MR) is 124 cm³/mol. The van der Waals surface area contributed by atoms with Gasteiger partial charge in [-0.05, 0) is 61.1 Å². The van der Waals surface area contributed by atoms with Crippen LogP contribution in [0, 0.1) is 0 Å². The van der Waals surface area contributed by atoms with E-state index in [-0.39, 0.29) is 0 Å². The molecule has 0 aromatic heterocycles. The molecule has 6 heteroatoms. The Labute approximate surface area is 189 Å². The molecule has 0 atom stereocenters. The van der Waals surface area contributed by atoms with Crippen molar-refractivity contribution in [3.05, 3.63) is 73.8 Å². The Bertz CT molecular complexity index is 781. The molecule has 0 radical (unpaired) electrons. The number of carbonyl (C=O) groups excluding carboxylic acids is 2. The van der Waals surface area contributed by atoms with E-state index in [9.17, 15) is 9.59 Å². The third-order valence-corrected chi connectivity index (χ3v) is 4.48. The Morgan fingerprint density at radius 1 is 0.594 bits per heavy atom. The molecule has 0 heterocycles. The maximum absolute atomic E-state index is 10.9. The van der Waals surface area contributed by atoms with E-state index in [1.807, 2.05) is 48.5 Å². The first-order chi connectivity index (χ1) is 15.6. The van der Waals surface area contributed by atoms with Gasteiger partial charge in [0, 0.05) is 12.2 Å². The molecule has 0 aliphatic heterocycles. The van der Waals surface area contributed by atoms with Crippen LogP contribution in [0.25, 0.3) is 11.1 Å². The van der Waals surface area contributed by atoms with Crippen molar-refractivity contribution in [3.8, 4) is 22.6 Å². The van der Waals surface area contributed by atoms with Crippen LogP contribution in [0.3, 0.4) is 0 Å². The lowest BCUT2D eigenvalue weighted by Crippen LogP contribution is -2.04. The van der Waals surface area contributed by atoms with Gasteiger partial charge in [-0.3, -0.25) is 0 Å². The van der Waals surface area contributed by atoms with Crippen molar-refractivity contribution in [1.29, 1.82) is 0 Å². The van der Waals surface area contributed by atoms with Gasteiger partial charge in [0.15, 0.2) is 0 Å². The number of rotatable bonds is 15. The fraction of sp³-hybridized carbons (Fsp3) is 0.308. The average Bonchev–Trinajstić information content (AvgIpc) is 2.83. The van der Waals surface area contributed by atoms with Gasteiger partial charge in [0.2, 0.25) is 0 Å². The minimum absolute atomic E-state index is 0.373. The molecule has 2 aromatic rings. The standard InChI is InChI=1S/C26H30O6/c1-3-25(27)31-19-7-5-17-29-23-13-9-21(10-14-23)22-11-15-24(16-12-22)30-18-6-8-20-32-26(28)4-2/h3-4,9-16H,1-2,5-8,17-20H2. The van der Waals surface area contributed by atoms with E-state index in [2.05, 4.69) is 13.2 Å². The van der Waals surface area contributed by atoms with E-state index < -0.39 is 11.9 Å². The Morgan fingerprint density at radius 3 is 1.28 bits per heavy atom. The molecule has 0 N–H and O–H groups in total. The van der Waals surface area contributed by atoms with Gasteiger partial charge in [-0.25, -0.2) is 9.59 Å². The van der Waals surface area contributed by atoms with Crippen molar-refractivity contribution in [3.63, 3.8) is 0 Å². The van der Waals surface area contributed by atoms with Crippen molar-refractivity contribution in [1.82, 2.24) is 0 Å². The molecule has 2 rings (SSSR count). The zero-order chi connectivity index (χ0) is 23.0. The second-order valence-corrected chi connectivity index (χ2v) is 6.90. The van der Waals surface area contributed by atoms with E-state index in [0.29, 0.717) is 26.4 Å². The molecule has 0 spiro atoms. The molecule has 0 bridgehead atoms. The highest BCUT2D eigenvalue weighted by Crippen LogP contribution is 2.25. The summed E-state index contributed by atoms with van der Waals surface area (Å²) < 4.78 is 21.3. The van der Waals surface area contributed by atoms with Crippen LogP contribution in [0.15, 0.2) is 73.8 Å². The lowest BCUT2D eigenvalue weighted by Gasteiger charge is -2.09. The first kappa shape index (κ1) is 24.7. The van der Waals surface area contributed by atoms with E-state index >= 15 is 0 Å². The largest absolute Gasteiger partial charge is 0.494 e. The summed E-state index contributed by atoms with van der Waals surface area (Å²) in [5, 5.41) is 0. The van der Waals surface area contributed by atoms with Gasteiger partial charge in [0.05, 0.1) is 26.4 Å². The van der Waals surface area contributed by atoms with Gasteiger partial charge in [-0.15, -0.1) is 0 Å². The van der Waals surface area contributed by atoms with Crippen LogP contribution < -0.4 is 9.47 Å². The Hall–Kier alpha value is -3.54. The fourth-order valence-corrected chi connectivity index (χ4v) is 2.74. The second-order valence-electron chi connectivity index (χ2n) is 6.90. The van der Waals surface area contributed by atoms with Crippen LogP contribution in [0.2, 0.25) is 0 Å². The predicted octanol–water partition coefficient (Wildman–Crippen LogP) is 5.13. The summed E-state index contributed by atoms with van der Waals surface area (Å²) in [6.45, 7) is 8.58. The smallest absolute Gasteiger partial charge is 0.330 e. The van der Waals surface area contributed by atoms with Crippen molar-refractivity contribution in [2.45, 2.75) is 25.7 Å². The van der Waals surface area contributed by atoms with Crippen LogP contribution in [0.5, 0.6) is 11.5 Å². The monoisotopic (exact) mass is 438 g/mol. The number of benzene rings is 2. The summed E-state index contributed by atoms with van der Waals surface area (Å²) >= 11 is 0. The molecule has 2 aromatic carbocycles. The molecule has 0 fully saturated rings. The highest BCUT2D eigenvalue weighted by molar-refractivity contribution is 5.81. The maximum Gasteiger partial charge on any atom is 0.330 e. The molecule has 0 saturated heterocycles. The van der Waals surface area contributed by atoms with Gasteiger partial charge in [-0.1, -0.05) is 37.4 Å². The van der Waals surface area contributed by atoms with Crippen LogP contribution in [0.1, 0.15) is 25.7 Å². The van der Waals surface area contributed by atoms with E-state index in [1.54, 1.807) is 0 Å². The summed E-state index contributed by atoms with van der Waals surface area (Å²) in [4.78, 5) is 21.9. The van der Waals surface area contributed by atoms with Crippen molar-refractivity contribution < 1.29 is 28.5 Å². The molecular formula is C26H30O6. The minimum Gasteiger partial charge on any atom is -0.494 e. The number of ether oxygens (including phenoxy) is 4. The molecule has 0 amide bonds. The zero-order valence-corrected chi connectivity index (χ0v) is 18.3. The van der Waals surface area contributed by atoms with Crippen LogP contribution >= 0.6 is 0 Å². The summed E-state index contributed by atoms with van der Waals surface area (Å²) in [6, 6.07) is 15.8. The summed E-state index contributed by atoms with van der Waals surface area (Å²) in [5.41, 5.74) is 2.17. The first-order valence-electron chi connectivity index (χ1n) is 10.7. The van der Waals surface area contributed by atoms with Crippen LogP contribution in [0.4, 0.5) is 0 Å². The van der Waals surface area contributed by atoms with Gasteiger partial charge in [0.1, 0.15) is 11.5 Å². The topological polar surface area (TPSA) is 71.1 Å². The molecule has 0 aliphatic carbocycles. The van der Waals surface area contributed by atoms with E-state index in [0.717, 1.165) is 60.5 Å². The highest BCUT2D eigenvalue weighted by atomic mass is 16.5. The number of esters is 2. The maximum atomic E-state index is 10.9. The number of unbranched alkanes of at least 4 members (excludes halogenated alkanes) is 2. The first-order valence-corrected chi connectivity index (χ1v) is 10.7. The number of hydrogen-bond donors (Lipinski definition) is 0. The van der Waals surface area contributed by atoms with E-state index in [4.69, 9.17) is 18.9 Å². The van der Waals surface area contributed by atoms with E-state index in [1.165, 1.54) is 0 Å². The SMILES string of the molecule is C=CC(=O)OCCCCOc1ccc(-c2ccc(OCCCCOC(=O)C=C)cc2)cc1. The molecule has 170 valence electrons. The Kier molecular flexibility index (Phi) is 11.2. The van der Waals surface area contributed by atoms with Gasteiger partial charge in [-0.2, -0.15) is 0 Å². The van der Waals surface area contributed by atoms with Crippen molar-refractivity contribution >= 4 is 11.9 Å². The van der Waals surface area contributed by atoms with Crippen molar-refractivity contribution in [2.24, 2.45) is 0 Å². The highest BCUT2D eigenvalue weighted by Gasteiger charge is 2.02. The zero-order valence-electron chi connectivity index (χ0n) is 18.3. The third-order valence-electron chi connectivity index (χ3n) is 4.48. The minimum atomic E-state index is -0.398. The van der Waals surface area contributed by atoms with Crippen molar-refractivity contribution in [2.75, 3.05) is 26.4 Å². The lowest BCUT2D eigenvalue weighted by molar-refractivity contribution is -0.138. The summed E-state index contributed by atoms with van der Waals surface area (Å²) in [6.07, 6.45) is 5.41. The summed E-state index contributed by atoms with van der Waals surface area (Å²) in [5.74, 6) is 0.806. The van der Waals surface area contributed by atoms with Gasteiger partial charge < -0.3 is 18.9 Å². The normalized spacial score (nSPS) is 10.1. The Morgan fingerprint density at radius 2 is 0.938 bits per heavy atom. The molecule has 0 aliphatic rings. The Balaban J connectivity index is 1.67. The second kappa shape index (κ2) is 14.5. The number of carbonyl (C=O) groups is 2. The molecule has 6 nitrogen and oxygen atoms in total. The molecule has 32 heavy (non-hydrogen) atoms. The quantitative estimate of drug-likeness (QED) is 0.218. The summed E-state index contributed by atoms with van der Waals surface area (Å²) in [7, 11) is 0. The third kappa shape index (κ3) is 9.51. The molecule has 0 saturated carbocycles. The van der Waals surface area contributed by atoms with Gasteiger partial charge in [0.25, 0.3) is 0 Å². The fourth-order valence-electron chi connectivity index (χ4n) is 2.74.